The molecule has 1 unspecified atom stereocenters. The number of sulfonamides is 1. The van der Waals surface area contributed by atoms with E-state index in [1.54, 1.807) is 6.07 Å². The second-order valence-corrected chi connectivity index (χ2v) is 8.88. The maximum Gasteiger partial charge on any atom is 0.232 e. The van der Waals surface area contributed by atoms with Crippen molar-refractivity contribution in [1.82, 2.24) is 0 Å². The third-order valence-electron chi connectivity index (χ3n) is 4.82. The van der Waals surface area contributed by atoms with Gasteiger partial charge in [-0.25, -0.2) is 8.42 Å². The quantitative estimate of drug-likeness (QED) is 0.712. The lowest BCUT2D eigenvalue weighted by Gasteiger charge is -2.16. The predicted octanol–water partition coefficient (Wildman–Crippen LogP) is 4.75. The molecule has 0 aliphatic rings. The topological polar surface area (TPSA) is 63.2 Å². The molecular formula is C21H27NO3S. The van der Waals surface area contributed by atoms with Crippen LogP contribution in [0.5, 0.6) is 0 Å². The number of carbonyl (C=O) groups is 1. The van der Waals surface area contributed by atoms with Gasteiger partial charge in [0.1, 0.15) is 0 Å². The number of rotatable bonds is 7. The predicted molar refractivity (Wildman–Crippen MR) is 108 cm³/mol. The van der Waals surface area contributed by atoms with Crippen molar-refractivity contribution in [3.63, 3.8) is 0 Å². The summed E-state index contributed by atoms with van der Waals surface area (Å²) in [6, 6.07) is 11.1. The number of ketones is 1. The van der Waals surface area contributed by atoms with E-state index < -0.39 is 10.0 Å². The zero-order valence-electron chi connectivity index (χ0n) is 16.1. The highest BCUT2D eigenvalue weighted by atomic mass is 32.2. The first-order valence-electron chi connectivity index (χ1n) is 8.78. The van der Waals surface area contributed by atoms with E-state index in [1.165, 1.54) is 6.92 Å². The fraction of sp³-hybridized carbons (Fsp3) is 0.381. The van der Waals surface area contributed by atoms with Crippen molar-refractivity contribution < 1.29 is 13.2 Å². The first-order valence-corrected chi connectivity index (χ1v) is 10.4. The molecule has 5 heteroatoms. The number of anilines is 1. The van der Waals surface area contributed by atoms with Crippen LogP contribution in [0.4, 0.5) is 5.69 Å². The molecule has 0 saturated carbocycles. The molecule has 140 valence electrons. The second kappa shape index (κ2) is 8.04. The molecule has 0 spiro atoms. The van der Waals surface area contributed by atoms with Gasteiger partial charge in [0.2, 0.25) is 10.0 Å². The van der Waals surface area contributed by atoms with E-state index in [4.69, 9.17) is 0 Å². The lowest BCUT2D eigenvalue weighted by molar-refractivity contribution is 0.101. The molecule has 2 rings (SSSR count). The molecule has 1 atom stereocenters. The minimum Gasteiger partial charge on any atom is -0.295 e. The van der Waals surface area contributed by atoms with E-state index in [-0.39, 0.29) is 17.5 Å². The van der Waals surface area contributed by atoms with Gasteiger partial charge < -0.3 is 0 Å². The van der Waals surface area contributed by atoms with Crippen LogP contribution in [0.2, 0.25) is 0 Å². The fourth-order valence-electron chi connectivity index (χ4n) is 2.91. The summed E-state index contributed by atoms with van der Waals surface area (Å²) in [6.45, 7) is 9.47. The molecule has 2 aromatic rings. The van der Waals surface area contributed by atoms with Crippen molar-refractivity contribution in [2.24, 2.45) is 0 Å². The summed E-state index contributed by atoms with van der Waals surface area (Å²) in [5, 5.41) is 0. The SMILES string of the molecule is CC(=O)c1ccc(C)c(C(C)CCS(=O)(=O)Nc2ccc(C)c(C)c2)c1. The molecule has 1 N–H and O–H groups in total. The molecule has 0 aliphatic heterocycles. The average Bonchev–Trinajstić information content (AvgIpc) is 2.56. The Morgan fingerprint density at radius 1 is 1.00 bits per heavy atom. The number of Topliss-reactive ketones (excluding diaryl/α,β-unsaturated/α-hetero) is 1. The van der Waals surface area contributed by atoms with E-state index in [9.17, 15) is 13.2 Å². The Kier molecular flexibility index (Phi) is 6.24. The summed E-state index contributed by atoms with van der Waals surface area (Å²) < 4.78 is 27.5. The zero-order chi connectivity index (χ0) is 19.5. The van der Waals surface area contributed by atoms with Crippen molar-refractivity contribution in [1.29, 1.82) is 0 Å². The van der Waals surface area contributed by atoms with Crippen LogP contribution in [0.3, 0.4) is 0 Å². The summed E-state index contributed by atoms with van der Waals surface area (Å²) in [5.41, 5.74) is 5.53. The Hall–Kier alpha value is -2.14. The molecular weight excluding hydrogens is 346 g/mol. The summed E-state index contributed by atoms with van der Waals surface area (Å²) in [5.74, 6) is 0.0956. The molecule has 0 radical (unpaired) electrons. The molecule has 0 fully saturated rings. The number of nitrogens with one attached hydrogen (secondary N) is 1. The van der Waals surface area contributed by atoms with E-state index in [0.717, 1.165) is 22.3 Å². The first-order chi connectivity index (χ1) is 12.1. The van der Waals surface area contributed by atoms with Gasteiger partial charge >= 0.3 is 0 Å². The van der Waals surface area contributed by atoms with E-state index in [0.29, 0.717) is 17.7 Å². The van der Waals surface area contributed by atoms with Crippen LogP contribution >= 0.6 is 0 Å². The molecule has 2 aromatic carbocycles. The highest BCUT2D eigenvalue weighted by Crippen LogP contribution is 2.25. The smallest absolute Gasteiger partial charge is 0.232 e. The van der Waals surface area contributed by atoms with Crippen molar-refractivity contribution in [3.05, 3.63) is 64.2 Å². The zero-order valence-corrected chi connectivity index (χ0v) is 16.9. The largest absolute Gasteiger partial charge is 0.295 e. The number of hydrogen-bond acceptors (Lipinski definition) is 3. The van der Waals surface area contributed by atoms with Crippen LogP contribution in [0.1, 0.15) is 58.8 Å². The Bertz CT molecular complexity index is 917. The van der Waals surface area contributed by atoms with Gasteiger partial charge in [0, 0.05) is 11.3 Å². The van der Waals surface area contributed by atoms with Crippen molar-refractivity contribution in [2.75, 3.05) is 10.5 Å². The van der Waals surface area contributed by atoms with E-state index in [2.05, 4.69) is 4.72 Å². The maximum atomic E-state index is 12.4. The Morgan fingerprint density at radius 3 is 2.27 bits per heavy atom. The first kappa shape index (κ1) is 20.2. The molecule has 4 nitrogen and oxygen atoms in total. The van der Waals surface area contributed by atoms with Gasteiger partial charge in [-0.2, -0.15) is 0 Å². The third kappa shape index (κ3) is 5.18. The van der Waals surface area contributed by atoms with E-state index >= 15 is 0 Å². The van der Waals surface area contributed by atoms with Crippen molar-refractivity contribution in [3.8, 4) is 0 Å². The standard InChI is InChI=1S/C21H27NO3S/c1-14-7-9-20(12-17(14)4)22-26(24,25)11-10-16(3)21-13-19(18(5)23)8-6-15(21)2/h6-9,12-13,16,22H,10-11H2,1-5H3. The number of benzene rings is 2. The summed E-state index contributed by atoms with van der Waals surface area (Å²) in [6.07, 6.45) is 0.488. The molecule has 0 aromatic heterocycles. The normalized spacial score (nSPS) is 12.7. The minimum atomic E-state index is -3.42. The molecule has 0 amide bonds. The lowest BCUT2D eigenvalue weighted by atomic mass is 9.92. The van der Waals surface area contributed by atoms with Gasteiger partial charge in [0.15, 0.2) is 5.78 Å². The Balaban J connectivity index is 2.08. The van der Waals surface area contributed by atoms with Crippen LogP contribution in [0.25, 0.3) is 0 Å². The molecule has 0 bridgehead atoms. The Labute approximate surface area is 156 Å². The van der Waals surface area contributed by atoms with Crippen LogP contribution < -0.4 is 4.72 Å². The van der Waals surface area contributed by atoms with Gasteiger partial charge in [-0.3, -0.25) is 9.52 Å². The molecule has 0 saturated heterocycles. The summed E-state index contributed by atoms with van der Waals surface area (Å²) in [4.78, 5) is 11.6. The van der Waals surface area contributed by atoms with Crippen LogP contribution in [-0.2, 0) is 10.0 Å². The number of aryl methyl sites for hydroxylation is 3. The van der Waals surface area contributed by atoms with Gasteiger partial charge in [0.25, 0.3) is 0 Å². The van der Waals surface area contributed by atoms with Crippen molar-refractivity contribution >= 4 is 21.5 Å². The second-order valence-electron chi connectivity index (χ2n) is 7.04. The number of hydrogen-bond donors (Lipinski definition) is 1. The number of carbonyl (C=O) groups excluding carboxylic acids is 1. The van der Waals surface area contributed by atoms with Crippen LogP contribution in [0, 0.1) is 20.8 Å². The van der Waals surface area contributed by atoms with Gasteiger partial charge in [-0.05, 0) is 80.5 Å². The maximum absolute atomic E-state index is 12.4. The average molecular weight is 374 g/mol. The molecule has 26 heavy (non-hydrogen) atoms. The van der Waals surface area contributed by atoms with Gasteiger partial charge in [-0.15, -0.1) is 0 Å². The molecule has 0 heterocycles. The highest BCUT2D eigenvalue weighted by Gasteiger charge is 2.16. The van der Waals surface area contributed by atoms with Crippen molar-refractivity contribution in [2.45, 2.75) is 47.0 Å². The van der Waals surface area contributed by atoms with E-state index in [1.807, 2.05) is 58.0 Å². The van der Waals surface area contributed by atoms with Crippen LogP contribution in [-0.4, -0.2) is 20.0 Å². The monoisotopic (exact) mass is 373 g/mol. The summed E-state index contributed by atoms with van der Waals surface area (Å²) in [7, 11) is -3.42. The summed E-state index contributed by atoms with van der Waals surface area (Å²) >= 11 is 0. The molecule has 0 aliphatic carbocycles. The fourth-order valence-corrected chi connectivity index (χ4v) is 4.17. The van der Waals surface area contributed by atoms with Gasteiger partial charge in [0.05, 0.1) is 5.75 Å². The lowest BCUT2D eigenvalue weighted by Crippen LogP contribution is -2.18. The van der Waals surface area contributed by atoms with Gasteiger partial charge in [-0.1, -0.05) is 25.1 Å². The Morgan fingerprint density at radius 2 is 1.65 bits per heavy atom. The minimum absolute atomic E-state index is 0.0162. The van der Waals surface area contributed by atoms with Crippen LogP contribution in [0.15, 0.2) is 36.4 Å². The third-order valence-corrected chi connectivity index (χ3v) is 6.14. The highest BCUT2D eigenvalue weighted by molar-refractivity contribution is 7.92.